The van der Waals surface area contributed by atoms with Crippen LogP contribution in [0.25, 0.3) is 11.4 Å². The summed E-state index contributed by atoms with van der Waals surface area (Å²) < 4.78 is 29.5. The zero-order chi connectivity index (χ0) is 35.9. The quantitative estimate of drug-likeness (QED) is 0.122. The second-order valence-corrected chi connectivity index (χ2v) is 10.6. The number of halogens is 2. The van der Waals surface area contributed by atoms with Crippen LogP contribution in [0.3, 0.4) is 0 Å². The fraction of sp³-hybridized carbons (Fsp3) is 0.0556. The Labute approximate surface area is 300 Å². The molecule has 0 unspecified atom stereocenters. The van der Waals surface area contributed by atoms with Gasteiger partial charge in [0, 0.05) is 41.9 Å². The number of nitrogens with zero attached hydrogens (tertiary/aromatic N) is 6. The number of aromatic carboxylic acids is 2. The summed E-state index contributed by atoms with van der Waals surface area (Å²) >= 11 is 0. The minimum atomic E-state index is -1.21. The van der Waals surface area contributed by atoms with Crippen molar-refractivity contribution in [2.45, 2.75) is 13.8 Å². The number of aryl methyl sites for hydroxylation is 2. The van der Waals surface area contributed by atoms with Crippen LogP contribution in [0.5, 0.6) is 11.8 Å². The molecule has 258 valence electrons. The number of aliphatic imine (C=N–C) groups is 2. The predicted octanol–water partition coefficient (Wildman–Crippen LogP) is 6.95. The molecule has 2 aromatic heterocycles. The summed E-state index contributed by atoms with van der Waals surface area (Å²) in [6.45, 7) is 3.37. The van der Waals surface area contributed by atoms with E-state index in [0.717, 1.165) is 36.4 Å². The van der Waals surface area contributed by atoms with Gasteiger partial charge in [-0.2, -0.15) is 10.2 Å². The van der Waals surface area contributed by atoms with Crippen LogP contribution >= 0.6 is 0 Å². The van der Waals surface area contributed by atoms with Crippen LogP contribution in [0.2, 0.25) is 0 Å². The Hall–Kier alpha value is -6.43. The molecule has 0 aliphatic rings. The first-order valence-electron chi connectivity index (χ1n) is 14.8. The van der Waals surface area contributed by atoms with Crippen LogP contribution in [0.1, 0.15) is 43.2 Å². The third-order valence-electron chi connectivity index (χ3n) is 7.21. The molecule has 0 spiro atoms. The minimum absolute atomic E-state index is 0. The van der Waals surface area contributed by atoms with Gasteiger partial charge < -0.3 is 20.4 Å². The van der Waals surface area contributed by atoms with E-state index in [9.17, 15) is 28.6 Å². The SMILES string of the molecule is Cc1nn(-c2ccccc2)c(O)c1C=Nc1cc(F)ccc1C(=O)O.Cc1nn(-c2ccccc2)c(O)c1C=Nc1cc(F)ccc1C(=O)O.[Cr]. The molecule has 0 atom stereocenters. The second-order valence-electron chi connectivity index (χ2n) is 10.6. The summed E-state index contributed by atoms with van der Waals surface area (Å²) in [7, 11) is 0. The van der Waals surface area contributed by atoms with E-state index >= 15 is 0 Å². The van der Waals surface area contributed by atoms with Crippen molar-refractivity contribution < 1.29 is 56.2 Å². The third-order valence-corrected chi connectivity index (χ3v) is 7.21. The Morgan fingerprint density at radius 1 is 0.627 bits per heavy atom. The van der Waals surface area contributed by atoms with Crippen LogP contribution in [0.15, 0.2) is 107 Å². The third kappa shape index (κ3) is 8.60. The van der Waals surface area contributed by atoms with Crippen LogP contribution in [0, 0.1) is 25.5 Å². The number of hydrogen-bond acceptors (Lipinski definition) is 8. The van der Waals surface area contributed by atoms with Crippen molar-refractivity contribution in [2.24, 2.45) is 9.98 Å². The number of carbonyl (C=O) groups is 2. The van der Waals surface area contributed by atoms with Gasteiger partial charge in [0.05, 0.1) is 56.4 Å². The summed E-state index contributed by atoms with van der Waals surface area (Å²) in [5.41, 5.74) is 2.62. The molecule has 4 aromatic carbocycles. The van der Waals surface area contributed by atoms with Gasteiger partial charge >= 0.3 is 11.9 Å². The largest absolute Gasteiger partial charge is 0.493 e. The molecule has 2 heterocycles. The van der Waals surface area contributed by atoms with Crippen LogP contribution in [-0.4, -0.2) is 64.4 Å². The molecule has 0 bridgehead atoms. The predicted molar refractivity (Wildman–Crippen MR) is 181 cm³/mol. The van der Waals surface area contributed by atoms with E-state index in [0.29, 0.717) is 33.9 Å². The minimum Gasteiger partial charge on any atom is -0.493 e. The Morgan fingerprint density at radius 2 is 0.980 bits per heavy atom. The maximum Gasteiger partial charge on any atom is 0.337 e. The van der Waals surface area contributed by atoms with Crippen molar-refractivity contribution in [1.82, 2.24) is 19.6 Å². The molecule has 0 radical (unpaired) electrons. The van der Waals surface area contributed by atoms with Crippen LogP contribution in [0.4, 0.5) is 20.2 Å². The number of carboxylic acids is 2. The molecule has 0 saturated heterocycles. The van der Waals surface area contributed by atoms with E-state index in [1.807, 2.05) is 36.4 Å². The first-order chi connectivity index (χ1) is 23.9. The molecular weight excluding hydrogens is 702 g/mol. The molecular formula is C36H28CrF2N6O6. The second kappa shape index (κ2) is 16.3. The Morgan fingerprint density at radius 3 is 1.31 bits per heavy atom. The van der Waals surface area contributed by atoms with Crippen LogP contribution < -0.4 is 0 Å². The Kier molecular flexibility index (Phi) is 12.0. The molecule has 6 aromatic rings. The molecule has 4 N–H and O–H groups in total. The van der Waals surface area contributed by atoms with Gasteiger partial charge in [0.25, 0.3) is 0 Å². The molecule has 0 amide bonds. The topological polar surface area (TPSA) is 175 Å². The number of carboxylic acid groups (broad SMARTS) is 2. The molecule has 12 nitrogen and oxygen atoms in total. The molecule has 0 saturated carbocycles. The van der Waals surface area contributed by atoms with Gasteiger partial charge in [0.15, 0.2) is 0 Å². The van der Waals surface area contributed by atoms with Gasteiger partial charge in [0.2, 0.25) is 11.8 Å². The van der Waals surface area contributed by atoms with E-state index in [2.05, 4.69) is 20.2 Å². The molecule has 51 heavy (non-hydrogen) atoms. The Balaban J connectivity index is 0.000000224. The summed E-state index contributed by atoms with van der Waals surface area (Å²) in [5, 5.41) is 47.6. The van der Waals surface area contributed by atoms with Gasteiger partial charge in [-0.25, -0.2) is 27.7 Å². The maximum atomic E-state index is 13.4. The first-order valence-corrected chi connectivity index (χ1v) is 14.8. The number of hydrogen-bond donors (Lipinski definition) is 4. The van der Waals surface area contributed by atoms with Crippen molar-refractivity contribution >= 4 is 35.7 Å². The van der Waals surface area contributed by atoms with E-state index in [1.54, 1.807) is 38.1 Å². The number of aromatic nitrogens is 4. The average Bonchev–Trinajstić information content (AvgIpc) is 3.55. The van der Waals surface area contributed by atoms with E-state index < -0.39 is 23.6 Å². The average molecular weight is 731 g/mol. The zero-order valence-electron chi connectivity index (χ0n) is 26.8. The smallest absolute Gasteiger partial charge is 0.337 e. The summed E-state index contributed by atoms with van der Waals surface area (Å²) in [5.74, 6) is -3.90. The number of para-hydroxylation sites is 2. The molecule has 0 aliphatic heterocycles. The first kappa shape index (κ1) is 37.4. The van der Waals surface area contributed by atoms with Crippen LogP contribution in [-0.2, 0) is 17.4 Å². The molecule has 15 heteroatoms. The van der Waals surface area contributed by atoms with E-state index in [-0.39, 0.29) is 51.6 Å². The van der Waals surface area contributed by atoms with E-state index in [1.165, 1.54) is 21.8 Å². The number of aromatic hydroxyl groups is 2. The number of rotatable bonds is 8. The molecule has 0 aliphatic carbocycles. The summed E-state index contributed by atoms with van der Waals surface area (Å²) in [6.07, 6.45) is 2.55. The molecule has 0 fully saturated rings. The zero-order valence-corrected chi connectivity index (χ0v) is 28.1. The van der Waals surface area contributed by atoms with Gasteiger partial charge in [-0.15, -0.1) is 0 Å². The van der Waals surface area contributed by atoms with Gasteiger partial charge in [-0.3, -0.25) is 9.98 Å². The van der Waals surface area contributed by atoms with Crippen molar-refractivity contribution in [1.29, 1.82) is 0 Å². The van der Waals surface area contributed by atoms with Crippen molar-refractivity contribution in [3.63, 3.8) is 0 Å². The summed E-state index contributed by atoms with van der Waals surface area (Å²) in [4.78, 5) is 30.5. The van der Waals surface area contributed by atoms with Gasteiger partial charge in [-0.1, -0.05) is 36.4 Å². The molecule has 6 rings (SSSR count). The fourth-order valence-corrected chi connectivity index (χ4v) is 4.71. The summed E-state index contributed by atoms with van der Waals surface area (Å²) in [6, 6.07) is 24.5. The van der Waals surface area contributed by atoms with Crippen molar-refractivity contribution in [3.8, 4) is 23.1 Å². The van der Waals surface area contributed by atoms with Crippen molar-refractivity contribution in [2.75, 3.05) is 0 Å². The fourth-order valence-electron chi connectivity index (χ4n) is 4.71. The number of benzene rings is 4. The van der Waals surface area contributed by atoms with Crippen molar-refractivity contribution in [3.05, 3.63) is 142 Å². The normalized spacial score (nSPS) is 10.9. The Bertz CT molecular complexity index is 2100. The van der Waals surface area contributed by atoms with Gasteiger partial charge in [0.1, 0.15) is 11.6 Å². The maximum absolute atomic E-state index is 13.4. The monoisotopic (exact) mass is 730 g/mol. The van der Waals surface area contributed by atoms with E-state index in [4.69, 9.17) is 10.2 Å². The standard InChI is InChI=1S/2C18H14FN3O3.Cr/c2*1-11-15(17(23)22(21-11)13-5-3-2-4-6-13)10-20-16-9-12(19)7-8-14(16)18(24)25;/h2*2-10,23H,1H3,(H,24,25);. The van der Waals surface area contributed by atoms with Gasteiger partial charge in [-0.05, 0) is 62.4 Å².